The van der Waals surface area contributed by atoms with E-state index in [1.165, 1.54) is 7.11 Å². The van der Waals surface area contributed by atoms with E-state index in [1.807, 2.05) is 0 Å². The number of alkyl halides is 1. The lowest BCUT2D eigenvalue weighted by molar-refractivity contribution is -0.153. The van der Waals surface area contributed by atoms with Crippen molar-refractivity contribution in [1.82, 2.24) is 0 Å². The van der Waals surface area contributed by atoms with E-state index in [4.69, 9.17) is 21.1 Å². The summed E-state index contributed by atoms with van der Waals surface area (Å²) in [6.45, 7) is 0. The third-order valence-electron chi connectivity index (χ3n) is 4.36. The number of fused-ring (bicyclic) bond motifs is 2. The molecule has 0 aromatic carbocycles. The molecule has 84 valence electrons. The Morgan fingerprint density at radius 3 is 2.73 bits per heavy atom. The molecule has 1 aliphatic heterocycles. The van der Waals surface area contributed by atoms with Gasteiger partial charge in [-0.2, -0.15) is 0 Å². The number of halogens is 1. The highest BCUT2D eigenvalue weighted by Gasteiger charge is 2.64. The fourth-order valence-corrected chi connectivity index (χ4v) is 4.08. The fourth-order valence-electron chi connectivity index (χ4n) is 3.66. The largest absolute Gasteiger partial charge is 0.469 e. The maximum atomic E-state index is 11.8. The van der Waals surface area contributed by atoms with E-state index in [2.05, 4.69) is 0 Å². The molecule has 4 rings (SSSR count). The molecular weight excluding hydrogens is 216 g/mol. The highest BCUT2D eigenvalue weighted by molar-refractivity contribution is 6.18. The first-order valence-corrected chi connectivity index (χ1v) is 6.10. The van der Waals surface area contributed by atoms with Crippen molar-refractivity contribution >= 4 is 17.6 Å². The van der Waals surface area contributed by atoms with Gasteiger partial charge in [-0.05, 0) is 24.7 Å². The van der Waals surface area contributed by atoms with E-state index >= 15 is 0 Å². The van der Waals surface area contributed by atoms with Crippen LogP contribution in [0, 0.1) is 23.7 Å². The molecule has 0 amide bonds. The minimum atomic E-state index is -0.0932. The first-order valence-electron chi connectivity index (χ1n) is 5.57. The topological polar surface area (TPSA) is 38.8 Å². The Labute approximate surface area is 94.1 Å². The molecule has 0 radical (unpaired) electrons. The van der Waals surface area contributed by atoms with Crippen LogP contribution in [0.2, 0.25) is 0 Å². The van der Waals surface area contributed by atoms with Crippen LogP contribution in [0.15, 0.2) is 0 Å². The molecule has 0 aromatic rings. The van der Waals surface area contributed by atoms with E-state index in [-0.39, 0.29) is 17.8 Å². The Morgan fingerprint density at radius 1 is 1.40 bits per heavy atom. The summed E-state index contributed by atoms with van der Waals surface area (Å²) in [5.74, 6) is 1.55. The second-order valence-electron chi connectivity index (χ2n) is 4.84. The maximum absolute atomic E-state index is 11.8. The van der Waals surface area contributed by atoms with Gasteiger partial charge in [0.1, 0.15) is 0 Å². The van der Waals surface area contributed by atoms with Crippen molar-refractivity contribution in [3.8, 4) is 0 Å². The second-order valence-corrected chi connectivity index (χ2v) is 5.15. The summed E-state index contributed by atoms with van der Waals surface area (Å²) in [7, 11) is 1.46. The minimum Gasteiger partial charge on any atom is -0.469 e. The van der Waals surface area contributed by atoms with Gasteiger partial charge in [-0.25, -0.2) is 0 Å². The average molecular weight is 231 g/mol. The number of carbonyl (C=O) groups is 1. The molecule has 3 nitrogen and oxygen atoms in total. The molecule has 0 unspecified atom stereocenters. The molecule has 3 aliphatic carbocycles. The number of carbonyl (C=O) groups excluding carboxylic acids is 1. The second kappa shape index (κ2) is 3.36. The van der Waals surface area contributed by atoms with Crippen LogP contribution in [0.25, 0.3) is 0 Å². The van der Waals surface area contributed by atoms with Gasteiger partial charge in [0.15, 0.2) is 0 Å². The Hall–Kier alpha value is -0.280. The van der Waals surface area contributed by atoms with Crippen molar-refractivity contribution in [3.63, 3.8) is 0 Å². The molecule has 1 heterocycles. The van der Waals surface area contributed by atoms with Crippen molar-refractivity contribution in [2.75, 3.05) is 13.0 Å². The third-order valence-corrected chi connectivity index (χ3v) is 4.72. The van der Waals surface area contributed by atoms with Gasteiger partial charge in [-0.15, -0.1) is 11.6 Å². The van der Waals surface area contributed by atoms with E-state index < -0.39 is 0 Å². The first-order chi connectivity index (χ1) is 7.27. The van der Waals surface area contributed by atoms with Crippen LogP contribution in [0.1, 0.15) is 12.8 Å². The van der Waals surface area contributed by atoms with Gasteiger partial charge in [0.25, 0.3) is 0 Å². The molecular formula is C11H15ClO3. The highest BCUT2D eigenvalue weighted by Crippen LogP contribution is 2.58. The Morgan fingerprint density at radius 2 is 2.07 bits per heavy atom. The zero-order chi connectivity index (χ0) is 10.6. The highest BCUT2D eigenvalue weighted by atomic mass is 35.5. The summed E-state index contributed by atoms with van der Waals surface area (Å²) in [6.07, 6.45) is 2.98. The number of rotatable bonds is 2. The normalized spacial score (nSPS) is 51.1. The summed E-state index contributed by atoms with van der Waals surface area (Å²) in [4.78, 5) is 11.8. The summed E-state index contributed by atoms with van der Waals surface area (Å²) < 4.78 is 10.5. The lowest BCUT2D eigenvalue weighted by atomic mass is 9.59. The molecule has 4 fully saturated rings. The van der Waals surface area contributed by atoms with Crippen molar-refractivity contribution in [3.05, 3.63) is 0 Å². The van der Waals surface area contributed by atoms with Crippen LogP contribution < -0.4 is 0 Å². The van der Waals surface area contributed by atoms with Gasteiger partial charge in [-0.1, -0.05) is 0 Å². The number of hydrogen-bond donors (Lipinski definition) is 0. The van der Waals surface area contributed by atoms with Crippen LogP contribution in [0.3, 0.4) is 0 Å². The first kappa shape index (κ1) is 9.91. The number of ether oxygens (including phenoxy) is 2. The molecule has 0 spiro atoms. The predicted octanol–water partition coefficient (Wildman–Crippen LogP) is 1.44. The molecule has 3 saturated carbocycles. The van der Waals surface area contributed by atoms with Gasteiger partial charge in [0, 0.05) is 11.8 Å². The molecule has 0 N–H and O–H groups in total. The smallest absolute Gasteiger partial charge is 0.309 e. The molecule has 6 atom stereocenters. The zero-order valence-electron chi connectivity index (χ0n) is 8.69. The average Bonchev–Trinajstić information content (AvgIpc) is 3.08. The van der Waals surface area contributed by atoms with Gasteiger partial charge in [0.2, 0.25) is 0 Å². The van der Waals surface area contributed by atoms with Crippen molar-refractivity contribution < 1.29 is 14.3 Å². The van der Waals surface area contributed by atoms with Crippen LogP contribution in [-0.2, 0) is 14.3 Å². The Bertz CT molecular complexity index is 294. The molecule has 0 aromatic heterocycles. The van der Waals surface area contributed by atoms with Crippen molar-refractivity contribution in [2.24, 2.45) is 23.7 Å². The van der Waals surface area contributed by atoms with Gasteiger partial charge >= 0.3 is 5.97 Å². The number of esters is 1. The van der Waals surface area contributed by atoms with Crippen LogP contribution in [-0.4, -0.2) is 31.2 Å². The summed E-state index contributed by atoms with van der Waals surface area (Å²) in [5.41, 5.74) is 0. The van der Waals surface area contributed by atoms with E-state index in [0.717, 1.165) is 12.8 Å². The van der Waals surface area contributed by atoms with Gasteiger partial charge < -0.3 is 9.47 Å². The van der Waals surface area contributed by atoms with Crippen LogP contribution in [0.5, 0.6) is 0 Å². The molecule has 2 bridgehead atoms. The number of methoxy groups -OCH3 is 1. The molecule has 4 heteroatoms. The standard InChI is InChI=1S/C11H15ClO3/c1-14-11(13)8-6-3-2-5(7(8)4-12)9-10(6)15-9/h5-10H,2-4H2,1H3/t5-,6+,7-,8-,9+,10-/m0/s1. The number of epoxide rings is 1. The Kier molecular flexibility index (Phi) is 2.22. The molecule has 4 aliphatic rings. The van der Waals surface area contributed by atoms with Crippen molar-refractivity contribution in [1.29, 1.82) is 0 Å². The van der Waals surface area contributed by atoms with E-state index in [9.17, 15) is 4.79 Å². The van der Waals surface area contributed by atoms with E-state index in [1.54, 1.807) is 0 Å². The summed E-state index contributed by atoms with van der Waals surface area (Å²) >= 11 is 5.99. The fraction of sp³-hybridized carbons (Fsp3) is 0.909. The van der Waals surface area contributed by atoms with E-state index in [0.29, 0.717) is 29.9 Å². The maximum Gasteiger partial charge on any atom is 0.309 e. The number of hydrogen-bond acceptors (Lipinski definition) is 3. The van der Waals surface area contributed by atoms with Gasteiger partial charge in [0.05, 0.1) is 25.2 Å². The SMILES string of the molecule is COC(=O)[C@@H]1[C@@H](CCl)[C@@H]2CC[C@H]1[C@@H]1O[C@H]21. The minimum absolute atomic E-state index is 0.0185. The lowest BCUT2D eigenvalue weighted by Crippen LogP contribution is -2.49. The monoisotopic (exact) mass is 230 g/mol. The van der Waals surface area contributed by atoms with Gasteiger partial charge in [-0.3, -0.25) is 4.79 Å². The Balaban J connectivity index is 1.88. The molecule has 15 heavy (non-hydrogen) atoms. The van der Waals surface area contributed by atoms with Crippen molar-refractivity contribution in [2.45, 2.75) is 25.0 Å². The van der Waals surface area contributed by atoms with Crippen LogP contribution in [0.4, 0.5) is 0 Å². The predicted molar refractivity (Wildman–Crippen MR) is 54.6 cm³/mol. The lowest BCUT2D eigenvalue weighted by Gasteiger charge is -2.43. The third kappa shape index (κ3) is 1.26. The summed E-state index contributed by atoms with van der Waals surface area (Å²) in [5, 5.41) is 0. The molecule has 1 saturated heterocycles. The quantitative estimate of drug-likeness (QED) is 0.409. The van der Waals surface area contributed by atoms with Crippen LogP contribution >= 0.6 is 11.6 Å². The summed E-state index contributed by atoms with van der Waals surface area (Å²) in [6, 6.07) is 0. The zero-order valence-corrected chi connectivity index (χ0v) is 9.44.